The molecule has 1 aromatic carbocycles. The second-order valence-corrected chi connectivity index (χ2v) is 6.32. The van der Waals surface area contributed by atoms with E-state index in [-0.39, 0.29) is 17.3 Å². The molecular weight excluding hydrogens is 296 g/mol. The van der Waals surface area contributed by atoms with Gasteiger partial charge in [-0.25, -0.2) is 0 Å². The van der Waals surface area contributed by atoms with Crippen molar-refractivity contribution in [2.24, 2.45) is 0 Å². The van der Waals surface area contributed by atoms with E-state index in [1.54, 1.807) is 6.07 Å². The summed E-state index contributed by atoms with van der Waals surface area (Å²) in [6, 6.07) is 4.72. The second kappa shape index (κ2) is 6.54. The molecule has 0 spiro atoms. The fourth-order valence-corrected chi connectivity index (χ4v) is 3.56. The fourth-order valence-electron chi connectivity index (χ4n) is 3.56. The molecule has 2 saturated heterocycles. The van der Waals surface area contributed by atoms with E-state index >= 15 is 0 Å². The number of likely N-dealkylation sites (tertiary alicyclic amines) is 2. The summed E-state index contributed by atoms with van der Waals surface area (Å²) in [6.07, 6.45) is 4.55. The number of carbonyl (C=O) groups excluding carboxylic acids is 1. The Labute approximate surface area is 135 Å². The summed E-state index contributed by atoms with van der Waals surface area (Å²) in [7, 11) is 0. The summed E-state index contributed by atoms with van der Waals surface area (Å²) in [5.74, 6) is -0.142. The number of nitrogen functional groups attached to an aromatic ring is 1. The van der Waals surface area contributed by atoms with Crippen molar-refractivity contribution >= 4 is 17.3 Å². The van der Waals surface area contributed by atoms with Crippen molar-refractivity contribution in [1.29, 1.82) is 0 Å². The van der Waals surface area contributed by atoms with Gasteiger partial charge >= 0.3 is 0 Å². The van der Waals surface area contributed by atoms with Gasteiger partial charge in [-0.1, -0.05) is 0 Å². The number of carbonyl (C=O) groups is 1. The molecule has 3 rings (SSSR count). The van der Waals surface area contributed by atoms with Crippen LogP contribution in [0.4, 0.5) is 11.4 Å². The summed E-state index contributed by atoms with van der Waals surface area (Å²) in [5.41, 5.74) is 5.82. The molecule has 0 saturated carbocycles. The van der Waals surface area contributed by atoms with E-state index in [9.17, 15) is 14.9 Å². The minimum absolute atomic E-state index is 0.0835. The number of amides is 1. The molecule has 124 valence electrons. The van der Waals surface area contributed by atoms with Crippen molar-refractivity contribution in [3.05, 3.63) is 33.9 Å². The van der Waals surface area contributed by atoms with Crippen molar-refractivity contribution in [2.45, 2.75) is 31.7 Å². The predicted molar refractivity (Wildman–Crippen MR) is 87.2 cm³/mol. The van der Waals surface area contributed by atoms with E-state index in [0.717, 1.165) is 25.9 Å². The Balaban J connectivity index is 1.74. The summed E-state index contributed by atoms with van der Waals surface area (Å²) in [4.78, 5) is 27.4. The van der Waals surface area contributed by atoms with Gasteiger partial charge in [0, 0.05) is 30.8 Å². The topological polar surface area (TPSA) is 92.7 Å². The lowest BCUT2D eigenvalue weighted by Gasteiger charge is -2.37. The summed E-state index contributed by atoms with van der Waals surface area (Å²) in [6.45, 7) is 3.64. The Morgan fingerprint density at radius 1 is 1.22 bits per heavy atom. The van der Waals surface area contributed by atoms with E-state index in [4.69, 9.17) is 5.73 Å². The van der Waals surface area contributed by atoms with Gasteiger partial charge in [-0.05, 0) is 50.9 Å². The van der Waals surface area contributed by atoms with E-state index in [2.05, 4.69) is 4.90 Å². The highest BCUT2D eigenvalue weighted by Crippen LogP contribution is 2.25. The van der Waals surface area contributed by atoms with Gasteiger partial charge in [-0.15, -0.1) is 0 Å². The maximum Gasteiger partial charge on any atom is 0.292 e. The van der Waals surface area contributed by atoms with Crippen LogP contribution in [-0.4, -0.2) is 52.9 Å². The number of hydrogen-bond donors (Lipinski definition) is 1. The minimum atomic E-state index is -0.546. The molecule has 0 bridgehead atoms. The fraction of sp³-hybridized carbons (Fsp3) is 0.562. The number of nitro benzene ring substituents is 1. The number of hydrogen-bond acceptors (Lipinski definition) is 5. The molecule has 2 heterocycles. The lowest BCUT2D eigenvalue weighted by Crippen LogP contribution is -2.49. The lowest BCUT2D eigenvalue weighted by atomic mass is 10.0. The van der Waals surface area contributed by atoms with Gasteiger partial charge in [-0.3, -0.25) is 19.8 Å². The maximum absolute atomic E-state index is 12.7. The van der Waals surface area contributed by atoms with Crippen LogP contribution in [0.25, 0.3) is 0 Å². The zero-order valence-corrected chi connectivity index (χ0v) is 13.1. The Hall–Kier alpha value is -2.15. The van der Waals surface area contributed by atoms with Crippen LogP contribution in [0.2, 0.25) is 0 Å². The van der Waals surface area contributed by atoms with Crippen molar-refractivity contribution in [3.63, 3.8) is 0 Å². The van der Waals surface area contributed by atoms with Gasteiger partial charge < -0.3 is 10.6 Å². The minimum Gasteiger partial charge on any atom is -0.393 e. The highest BCUT2D eigenvalue weighted by Gasteiger charge is 2.30. The Bertz CT molecular complexity index is 613. The zero-order chi connectivity index (χ0) is 16.4. The van der Waals surface area contributed by atoms with Gasteiger partial charge in [0.05, 0.1) is 4.92 Å². The smallest absolute Gasteiger partial charge is 0.292 e. The van der Waals surface area contributed by atoms with E-state index < -0.39 is 4.92 Å². The van der Waals surface area contributed by atoms with E-state index in [0.29, 0.717) is 24.7 Å². The first-order valence-corrected chi connectivity index (χ1v) is 8.13. The molecule has 2 aliphatic rings. The molecule has 0 aromatic heterocycles. The van der Waals surface area contributed by atoms with Gasteiger partial charge in [0.1, 0.15) is 5.69 Å². The molecule has 1 atom stereocenters. The molecular formula is C16H22N4O3. The summed E-state index contributed by atoms with van der Waals surface area (Å²) >= 11 is 0. The molecule has 2 N–H and O–H groups in total. The van der Waals surface area contributed by atoms with Gasteiger partial charge in [0.2, 0.25) is 0 Å². The molecule has 7 heteroatoms. The van der Waals surface area contributed by atoms with Crippen LogP contribution in [0, 0.1) is 10.1 Å². The van der Waals surface area contributed by atoms with Crippen LogP contribution in [0.3, 0.4) is 0 Å². The first kappa shape index (κ1) is 15.7. The highest BCUT2D eigenvalue weighted by atomic mass is 16.6. The summed E-state index contributed by atoms with van der Waals surface area (Å²) in [5, 5.41) is 11.0. The monoisotopic (exact) mass is 318 g/mol. The molecule has 1 amide bonds. The average Bonchev–Trinajstić information content (AvgIpc) is 3.09. The Kier molecular flexibility index (Phi) is 4.47. The highest BCUT2D eigenvalue weighted by molar-refractivity contribution is 5.95. The Morgan fingerprint density at radius 3 is 2.65 bits per heavy atom. The van der Waals surface area contributed by atoms with Crippen molar-refractivity contribution in [3.8, 4) is 0 Å². The largest absolute Gasteiger partial charge is 0.393 e. The van der Waals surface area contributed by atoms with Crippen LogP contribution in [0.5, 0.6) is 0 Å². The first-order chi connectivity index (χ1) is 11.1. The van der Waals surface area contributed by atoms with E-state index in [1.807, 2.05) is 4.90 Å². The third-order valence-corrected chi connectivity index (χ3v) is 4.81. The molecule has 23 heavy (non-hydrogen) atoms. The number of nitrogens with zero attached hydrogens (tertiary/aromatic N) is 3. The number of benzene rings is 1. The van der Waals surface area contributed by atoms with Crippen LogP contribution in [0.15, 0.2) is 18.2 Å². The second-order valence-electron chi connectivity index (χ2n) is 6.32. The SMILES string of the molecule is Nc1ccc(C(=O)N2CCC[C@H](N3CCCC3)C2)cc1[N+](=O)[O-]. The van der Waals surface area contributed by atoms with Gasteiger partial charge in [0.15, 0.2) is 0 Å². The van der Waals surface area contributed by atoms with Crippen LogP contribution < -0.4 is 5.73 Å². The molecule has 7 nitrogen and oxygen atoms in total. The predicted octanol–water partition coefficient (Wildman–Crippen LogP) is 1.88. The number of anilines is 1. The van der Waals surface area contributed by atoms with Gasteiger partial charge in [-0.2, -0.15) is 0 Å². The molecule has 2 aliphatic heterocycles. The molecule has 0 unspecified atom stereocenters. The standard InChI is InChI=1S/C16H22N4O3/c17-14-6-5-12(10-15(14)20(22)23)16(21)19-9-3-4-13(11-19)18-7-1-2-8-18/h5-6,10,13H,1-4,7-9,11,17H2/t13-/m0/s1. The van der Waals surface area contributed by atoms with Crippen molar-refractivity contribution < 1.29 is 9.72 Å². The van der Waals surface area contributed by atoms with Crippen molar-refractivity contribution in [2.75, 3.05) is 31.9 Å². The average molecular weight is 318 g/mol. The Morgan fingerprint density at radius 2 is 1.96 bits per heavy atom. The molecule has 1 aromatic rings. The normalized spacial score (nSPS) is 22.3. The van der Waals surface area contributed by atoms with Crippen LogP contribution >= 0.6 is 0 Å². The first-order valence-electron chi connectivity index (χ1n) is 8.13. The zero-order valence-electron chi connectivity index (χ0n) is 13.1. The third kappa shape index (κ3) is 3.29. The van der Waals surface area contributed by atoms with Crippen molar-refractivity contribution in [1.82, 2.24) is 9.80 Å². The lowest BCUT2D eigenvalue weighted by molar-refractivity contribution is -0.383. The number of nitrogens with two attached hydrogens (primary N) is 1. The number of piperidine rings is 1. The van der Waals surface area contributed by atoms with E-state index in [1.165, 1.54) is 25.0 Å². The quantitative estimate of drug-likeness (QED) is 0.522. The molecule has 2 fully saturated rings. The van der Waals surface area contributed by atoms with Gasteiger partial charge in [0.25, 0.3) is 11.6 Å². The number of rotatable bonds is 3. The van der Waals surface area contributed by atoms with Crippen LogP contribution in [-0.2, 0) is 0 Å². The van der Waals surface area contributed by atoms with Crippen LogP contribution in [0.1, 0.15) is 36.0 Å². The maximum atomic E-state index is 12.7. The third-order valence-electron chi connectivity index (χ3n) is 4.81. The summed E-state index contributed by atoms with van der Waals surface area (Å²) < 4.78 is 0. The molecule has 0 radical (unpaired) electrons. The molecule has 0 aliphatic carbocycles. The number of nitro groups is 1.